The second-order valence-electron chi connectivity index (χ2n) is 5.52. The number of amides is 1. The fraction of sp³-hybridized carbons (Fsp3) is 0.375. The van der Waals surface area contributed by atoms with E-state index in [1.807, 2.05) is 26.1 Å². The molecule has 0 aliphatic carbocycles. The number of anilines is 1. The van der Waals surface area contributed by atoms with Crippen LogP contribution in [0.4, 0.5) is 5.69 Å². The molecule has 3 N–H and O–H groups in total. The zero-order valence-electron chi connectivity index (χ0n) is 12.8. The van der Waals surface area contributed by atoms with Gasteiger partial charge in [0.25, 0.3) is 5.91 Å². The van der Waals surface area contributed by atoms with Crippen LogP contribution in [-0.4, -0.2) is 22.0 Å². The lowest BCUT2D eigenvalue weighted by Gasteiger charge is -2.15. The highest BCUT2D eigenvalue weighted by Gasteiger charge is 2.11. The third-order valence-corrected chi connectivity index (χ3v) is 3.55. The molecule has 5 nitrogen and oxygen atoms in total. The molecule has 112 valence electrons. The van der Waals surface area contributed by atoms with Gasteiger partial charge in [-0.1, -0.05) is 13.0 Å². The van der Waals surface area contributed by atoms with Gasteiger partial charge in [-0.25, -0.2) is 4.98 Å². The summed E-state index contributed by atoms with van der Waals surface area (Å²) in [6, 6.07) is 5.38. The van der Waals surface area contributed by atoms with Crippen molar-refractivity contribution in [2.75, 3.05) is 12.3 Å². The third-order valence-electron chi connectivity index (χ3n) is 3.55. The number of benzene rings is 1. The molecule has 2 rings (SSSR count). The standard InChI is InChI=1S/C16H22N4O/c1-11(10-20-7-6-18-13(20)3)9-19-16(21)15-8-14(17)5-4-12(15)2/h4-8,11H,9-10,17H2,1-3H3,(H,19,21). The first-order valence-electron chi connectivity index (χ1n) is 7.09. The van der Waals surface area contributed by atoms with E-state index in [1.54, 1.807) is 18.3 Å². The van der Waals surface area contributed by atoms with E-state index in [1.165, 1.54) is 0 Å². The number of hydrogen-bond acceptors (Lipinski definition) is 3. The molecule has 0 fully saturated rings. The van der Waals surface area contributed by atoms with Gasteiger partial charge in [0.1, 0.15) is 5.82 Å². The first-order valence-corrected chi connectivity index (χ1v) is 7.09. The molecule has 1 aromatic carbocycles. The zero-order chi connectivity index (χ0) is 15.4. The highest BCUT2D eigenvalue weighted by molar-refractivity contribution is 5.96. The van der Waals surface area contributed by atoms with Gasteiger partial charge in [0, 0.05) is 36.7 Å². The van der Waals surface area contributed by atoms with Crippen molar-refractivity contribution in [3.05, 3.63) is 47.5 Å². The second-order valence-corrected chi connectivity index (χ2v) is 5.52. The Morgan fingerprint density at radius 1 is 1.43 bits per heavy atom. The Kier molecular flexibility index (Phi) is 4.62. The van der Waals surface area contributed by atoms with Crippen LogP contribution < -0.4 is 11.1 Å². The number of rotatable bonds is 5. The van der Waals surface area contributed by atoms with Crippen molar-refractivity contribution >= 4 is 11.6 Å². The van der Waals surface area contributed by atoms with E-state index in [4.69, 9.17) is 5.73 Å². The van der Waals surface area contributed by atoms with E-state index < -0.39 is 0 Å². The van der Waals surface area contributed by atoms with Crippen LogP contribution in [0.15, 0.2) is 30.6 Å². The highest BCUT2D eigenvalue weighted by Crippen LogP contribution is 2.12. The minimum Gasteiger partial charge on any atom is -0.399 e. The van der Waals surface area contributed by atoms with Gasteiger partial charge in [-0.15, -0.1) is 0 Å². The number of imidazole rings is 1. The van der Waals surface area contributed by atoms with Gasteiger partial charge in [-0.05, 0) is 37.5 Å². The molecule has 1 heterocycles. The molecule has 5 heteroatoms. The predicted molar refractivity (Wildman–Crippen MR) is 84.1 cm³/mol. The minimum absolute atomic E-state index is 0.0750. The molecule has 0 aliphatic heterocycles. The van der Waals surface area contributed by atoms with E-state index >= 15 is 0 Å². The fourth-order valence-electron chi connectivity index (χ4n) is 2.24. The number of nitrogens with two attached hydrogens (primary N) is 1. The summed E-state index contributed by atoms with van der Waals surface area (Å²) in [5.74, 6) is 1.23. The van der Waals surface area contributed by atoms with Crippen LogP contribution in [0.25, 0.3) is 0 Å². The van der Waals surface area contributed by atoms with Gasteiger partial charge >= 0.3 is 0 Å². The van der Waals surface area contributed by atoms with E-state index in [0.717, 1.165) is 17.9 Å². The second kappa shape index (κ2) is 6.43. The first-order chi connectivity index (χ1) is 9.97. The molecule has 1 atom stereocenters. The summed E-state index contributed by atoms with van der Waals surface area (Å²) in [6.45, 7) is 7.44. The van der Waals surface area contributed by atoms with Crippen molar-refractivity contribution < 1.29 is 4.79 Å². The van der Waals surface area contributed by atoms with Crippen LogP contribution in [0.3, 0.4) is 0 Å². The first kappa shape index (κ1) is 15.1. The van der Waals surface area contributed by atoms with Crippen LogP contribution in [0, 0.1) is 19.8 Å². The topological polar surface area (TPSA) is 72.9 Å². The fourth-order valence-corrected chi connectivity index (χ4v) is 2.24. The zero-order valence-corrected chi connectivity index (χ0v) is 12.8. The molecule has 0 saturated heterocycles. The van der Waals surface area contributed by atoms with Crippen molar-refractivity contribution in [1.82, 2.24) is 14.9 Å². The Morgan fingerprint density at radius 2 is 2.19 bits per heavy atom. The molecule has 0 radical (unpaired) electrons. The Balaban J connectivity index is 1.92. The molecule has 2 aromatic rings. The predicted octanol–water partition coefficient (Wildman–Crippen LogP) is 2.15. The van der Waals surface area contributed by atoms with Gasteiger partial charge < -0.3 is 15.6 Å². The number of carbonyl (C=O) groups is 1. The van der Waals surface area contributed by atoms with Crippen molar-refractivity contribution in [3.8, 4) is 0 Å². The number of aromatic nitrogens is 2. The summed E-state index contributed by atoms with van der Waals surface area (Å²) in [4.78, 5) is 16.4. The molecule has 0 bridgehead atoms. The number of carbonyl (C=O) groups excluding carboxylic acids is 1. The summed E-state index contributed by atoms with van der Waals surface area (Å²) in [5, 5.41) is 2.97. The maximum Gasteiger partial charge on any atom is 0.251 e. The van der Waals surface area contributed by atoms with Gasteiger partial charge in [-0.3, -0.25) is 4.79 Å². The minimum atomic E-state index is -0.0750. The van der Waals surface area contributed by atoms with Crippen molar-refractivity contribution in [2.45, 2.75) is 27.3 Å². The maximum absolute atomic E-state index is 12.2. The van der Waals surface area contributed by atoms with Crippen LogP contribution in [-0.2, 0) is 6.54 Å². The Morgan fingerprint density at radius 3 is 2.86 bits per heavy atom. The smallest absolute Gasteiger partial charge is 0.251 e. The lowest BCUT2D eigenvalue weighted by atomic mass is 10.1. The van der Waals surface area contributed by atoms with Crippen LogP contribution in [0.2, 0.25) is 0 Å². The Bertz CT molecular complexity index is 633. The SMILES string of the molecule is Cc1ccc(N)cc1C(=O)NCC(C)Cn1ccnc1C. The quantitative estimate of drug-likeness (QED) is 0.827. The summed E-state index contributed by atoms with van der Waals surface area (Å²) >= 11 is 0. The Hall–Kier alpha value is -2.30. The maximum atomic E-state index is 12.2. The van der Waals surface area contributed by atoms with E-state index in [0.29, 0.717) is 23.7 Å². The molecule has 0 aliphatic rings. The molecular formula is C16H22N4O. The van der Waals surface area contributed by atoms with Crippen LogP contribution in [0.1, 0.15) is 28.7 Å². The molecular weight excluding hydrogens is 264 g/mol. The average Bonchev–Trinajstić information content (AvgIpc) is 2.84. The number of nitrogen functional groups attached to an aromatic ring is 1. The molecule has 1 aromatic heterocycles. The van der Waals surface area contributed by atoms with Gasteiger partial charge in [0.2, 0.25) is 0 Å². The molecule has 1 unspecified atom stereocenters. The van der Waals surface area contributed by atoms with Crippen molar-refractivity contribution in [1.29, 1.82) is 0 Å². The third kappa shape index (κ3) is 3.84. The molecule has 1 amide bonds. The van der Waals surface area contributed by atoms with Crippen molar-refractivity contribution in [2.24, 2.45) is 5.92 Å². The normalized spacial score (nSPS) is 12.1. The number of hydrogen-bond donors (Lipinski definition) is 2. The molecule has 0 saturated carbocycles. The van der Waals surface area contributed by atoms with Gasteiger partial charge in [0.15, 0.2) is 0 Å². The number of nitrogens with zero attached hydrogens (tertiary/aromatic N) is 2. The van der Waals surface area contributed by atoms with Crippen LogP contribution >= 0.6 is 0 Å². The van der Waals surface area contributed by atoms with E-state index in [9.17, 15) is 4.79 Å². The van der Waals surface area contributed by atoms with Gasteiger partial charge in [0.05, 0.1) is 0 Å². The summed E-state index contributed by atoms with van der Waals surface area (Å²) < 4.78 is 2.09. The van der Waals surface area contributed by atoms with E-state index in [-0.39, 0.29) is 5.91 Å². The Labute approximate surface area is 125 Å². The van der Waals surface area contributed by atoms with Gasteiger partial charge in [-0.2, -0.15) is 0 Å². The lowest BCUT2D eigenvalue weighted by molar-refractivity contribution is 0.0946. The number of nitrogens with one attached hydrogen (secondary N) is 1. The summed E-state index contributed by atoms with van der Waals surface area (Å²) in [5.41, 5.74) is 7.91. The monoisotopic (exact) mass is 286 g/mol. The van der Waals surface area contributed by atoms with Crippen LogP contribution in [0.5, 0.6) is 0 Å². The lowest BCUT2D eigenvalue weighted by Crippen LogP contribution is -2.30. The van der Waals surface area contributed by atoms with Crippen molar-refractivity contribution in [3.63, 3.8) is 0 Å². The number of aryl methyl sites for hydroxylation is 2. The highest BCUT2D eigenvalue weighted by atomic mass is 16.1. The average molecular weight is 286 g/mol. The van der Waals surface area contributed by atoms with E-state index in [2.05, 4.69) is 21.8 Å². The molecule has 0 spiro atoms. The summed E-state index contributed by atoms with van der Waals surface area (Å²) in [6.07, 6.45) is 3.74. The largest absolute Gasteiger partial charge is 0.399 e. The molecule has 21 heavy (non-hydrogen) atoms. The summed E-state index contributed by atoms with van der Waals surface area (Å²) in [7, 11) is 0.